The Morgan fingerprint density at radius 2 is 2.12 bits per heavy atom. The summed E-state index contributed by atoms with van der Waals surface area (Å²) >= 11 is 1.69. The molecule has 2 amide bonds. The van der Waals surface area contributed by atoms with Gasteiger partial charge in [0.05, 0.1) is 6.42 Å². The highest BCUT2D eigenvalue weighted by Crippen LogP contribution is 2.11. The number of amides is 2. The monoisotopic (exact) mass is 349 g/mol. The van der Waals surface area contributed by atoms with Crippen LogP contribution in [0.1, 0.15) is 18.4 Å². The molecule has 132 valence electrons. The maximum Gasteiger partial charge on any atom is 0.245 e. The molecule has 1 fully saturated rings. The molecule has 1 aliphatic heterocycles. The molecule has 2 unspecified atom stereocenters. The van der Waals surface area contributed by atoms with E-state index in [-0.39, 0.29) is 17.9 Å². The van der Waals surface area contributed by atoms with Crippen molar-refractivity contribution in [2.24, 2.45) is 0 Å². The zero-order chi connectivity index (χ0) is 17.4. The average molecular weight is 350 g/mol. The van der Waals surface area contributed by atoms with Crippen molar-refractivity contribution in [2.45, 2.75) is 31.3 Å². The lowest BCUT2D eigenvalue weighted by Gasteiger charge is -2.29. The molecular formula is C18H27N3O2S. The summed E-state index contributed by atoms with van der Waals surface area (Å²) in [5.74, 6) is 0.761. The predicted octanol–water partition coefficient (Wildman–Crippen LogP) is 1.29. The smallest absolute Gasteiger partial charge is 0.245 e. The minimum absolute atomic E-state index is 0.0131. The Bertz CT molecular complexity index is 532. The average Bonchev–Trinajstić information content (AvgIpc) is 3.12. The van der Waals surface area contributed by atoms with Crippen molar-refractivity contribution in [3.63, 3.8) is 0 Å². The summed E-state index contributed by atoms with van der Waals surface area (Å²) in [5, 5.41) is 6.22. The zero-order valence-corrected chi connectivity index (χ0v) is 15.3. The van der Waals surface area contributed by atoms with E-state index in [0.29, 0.717) is 12.8 Å². The molecule has 5 nitrogen and oxygen atoms in total. The number of nitrogens with one attached hydrogen (secondary N) is 2. The number of nitrogens with zero attached hydrogens (tertiary/aromatic N) is 1. The van der Waals surface area contributed by atoms with Crippen LogP contribution < -0.4 is 10.6 Å². The fourth-order valence-electron chi connectivity index (χ4n) is 2.92. The highest BCUT2D eigenvalue weighted by Gasteiger charge is 2.29. The Labute approximate surface area is 148 Å². The van der Waals surface area contributed by atoms with Gasteiger partial charge in [0, 0.05) is 19.6 Å². The quantitative estimate of drug-likeness (QED) is 0.742. The normalized spacial score (nSPS) is 18.2. The SMILES string of the molecule is CSCCC(NC(=O)Cc1ccccc1)C(=O)N(C)C1CCNC1. The predicted molar refractivity (Wildman–Crippen MR) is 99.1 cm³/mol. The van der Waals surface area contributed by atoms with E-state index in [2.05, 4.69) is 10.6 Å². The minimum atomic E-state index is -0.445. The lowest BCUT2D eigenvalue weighted by molar-refractivity contribution is -0.136. The molecule has 24 heavy (non-hydrogen) atoms. The van der Waals surface area contributed by atoms with Crippen molar-refractivity contribution in [1.82, 2.24) is 15.5 Å². The van der Waals surface area contributed by atoms with Crippen LogP contribution in [-0.2, 0) is 16.0 Å². The topological polar surface area (TPSA) is 61.4 Å². The number of carbonyl (C=O) groups excluding carboxylic acids is 2. The van der Waals surface area contributed by atoms with Gasteiger partial charge in [-0.3, -0.25) is 9.59 Å². The van der Waals surface area contributed by atoms with Crippen molar-refractivity contribution in [3.8, 4) is 0 Å². The molecule has 0 saturated carbocycles. The van der Waals surface area contributed by atoms with Crippen molar-refractivity contribution in [2.75, 3.05) is 32.1 Å². The van der Waals surface area contributed by atoms with Crippen molar-refractivity contribution in [1.29, 1.82) is 0 Å². The van der Waals surface area contributed by atoms with Gasteiger partial charge in [-0.25, -0.2) is 0 Å². The van der Waals surface area contributed by atoms with Crippen LogP contribution >= 0.6 is 11.8 Å². The van der Waals surface area contributed by atoms with E-state index in [1.165, 1.54) is 0 Å². The molecule has 0 radical (unpaired) electrons. The summed E-state index contributed by atoms with van der Waals surface area (Å²) in [6, 6.07) is 9.39. The molecule has 0 aromatic heterocycles. The molecule has 0 spiro atoms. The summed E-state index contributed by atoms with van der Waals surface area (Å²) in [5.41, 5.74) is 0.958. The van der Waals surface area contributed by atoms with E-state index < -0.39 is 6.04 Å². The number of benzene rings is 1. The summed E-state index contributed by atoms with van der Waals surface area (Å²) in [6.45, 7) is 1.77. The van der Waals surface area contributed by atoms with Gasteiger partial charge in [-0.05, 0) is 37.0 Å². The molecule has 2 atom stereocenters. The van der Waals surface area contributed by atoms with Crippen LogP contribution in [0.2, 0.25) is 0 Å². The molecule has 0 aliphatic carbocycles. The summed E-state index contributed by atoms with van der Waals surface area (Å²) in [6.07, 6.45) is 3.94. The van der Waals surface area contributed by atoms with Crippen LogP contribution in [0.5, 0.6) is 0 Å². The highest BCUT2D eigenvalue weighted by atomic mass is 32.2. The molecule has 1 heterocycles. The van der Waals surface area contributed by atoms with Crippen molar-refractivity contribution in [3.05, 3.63) is 35.9 Å². The number of likely N-dealkylation sites (N-methyl/N-ethyl adjacent to an activating group) is 1. The van der Waals surface area contributed by atoms with Gasteiger partial charge in [0.1, 0.15) is 6.04 Å². The van der Waals surface area contributed by atoms with Crippen LogP contribution in [0.4, 0.5) is 0 Å². The van der Waals surface area contributed by atoms with E-state index >= 15 is 0 Å². The van der Waals surface area contributed by atoms with E-state index in [4.69, 9.17) is 0 Å². The second kappa shape index (κ2) is 9.69. The fraction of sp³-hybridized carbons (Fsp3) is 0.556. The molecule has 1 saturated heterocycles. The van der Waals surface area contributed by atoms with Crippen LogP contribution in [-0.4, -0.2) is 60.9 Å². The van der Waals surface area contributed by atoms with Gasteiger partial charge in [-0.15, -0.1) is 0 Å². The number of hydrogen-bond acceptors (Lipinski definition) is 4. The number of hydrogen-bond donors (Lipinski definition) is 2. The fourth-order valence-corrected chi connectivity index (χ4v) is 3.39. The van der Waals surface area contributed by atoms with Gasteiger partial charge in [0.2, 0.25) is 11.8 Å². The molecular weight excluding hydrogens is 322 g/mol. The molecule has 1 aromatic carbocycles. The standard InChI is InChI=1S/C18H27N3O2S/c1-21(15-8-10-19-13-15)18(23)16(9-11-24-2)20-17(22)12-14-6-4-3-5-7-14/h3-7,15-16,19H,8-13H2,1-2H3,(H,20,22). The first-order valence-corrected chi connectivity index (χ1v) is 9.81. The largest absolute Gasteiger partial charge is 0.344 e. The first-order valence-electron chi connectivity index (χ1n) is 8.41. The first kappa shape index (κ1) is 18.8. The van der Waals surface area contributed by atoms with Crippen LogP contribution in [0.3, 0.4) is 0 Å². The van der Waals surface area contributed by atoms with Gasteiger partial charge >= 0.3 is 0 Å². The van der Waals surface area contributed by atoms with Gasteiger partial charge in [-0.2, -0.15) is 11.8 Å². The van der Waals surface area contributed by atoms with Crippen LogP contribution in [0.25, 0.3) is 0 Å². The molecule has 1 aromatic rings. The molecule has 0 bridgehead atoms. The van der Waals surface area contributed by atoms with E-state index in [0.717, 1.165) is 30.8 Å². The maximum atomic E-state index is 12.8. The van der Waals surface area contributed by atoms with Gasteiger partial charge < -0.3 is 15.5 Å². The zero-order valence-electron chi connectivity index (χ0n) is 14.5. The summed E-state index contributed by atoms with van der Waals surface area (Å²) in [4.78, 5) is 26.9. The lowest BCUT2D eigenvalue weighted by Crippen LogP contribution is -2.51. The molecule has 2 rings (SSSR count). The van der Waals surface area contributed by atoms with Crippen LogP contribution in [0.15, 0.2) is 30.3 Å². The molecule has 1 aliphatic rings. The number of carbonyl (C=O) groups is 2. The van der Waals surface area contributed by atoms with E-state index in [1.54, 1.807) is 16.7 Å². The number of thioether (sulfide) groups is 1. The van der Waals surface area contributed by atoms with Crippen molar-refractivity contribution < 1.29 is 9.59 Å². The lowest BCUT2D eigenvalue weighted by atomic mass is 10.1. The third-order valence-corrected chi connectivity index (χ3v) is 5.03. The summed E-state index contributed by atoms with van der Waals surface area (Å²) in [7, 11) is 1.84. The second-order valence-electron chi connectivity index (χ2n) is 6.16. The first-order chi connectivity index (χ1) is 11.6. The third kappa shape index (κ3) is 5.53. The van der Waals surface area contributed by atoms with E-state index in [9.17, 15) is 9.59 Å². The van der Waals surface area contributed by atoms with Crippen LogP contribution in [0, 0.1) is 0 Å². The van der Waals surface area contributed by atoms with Gasteiger partial charge in [0.25, 0.3) is 0 Å². The Hall–Kier alpha value is -1.53. The Kier molecular flexibility index (Phi) is 7.59. The highest BCUT2D eigenvalue weighted by molar-refractivity contribution is 7.98. The van der Waals surface area contributed by atoms with Gasteiger partial charge in [-0.1, -0.05) is 30.3 Å². The summed E-state index contributed by atoms with van der Waals surface area (Å²) < 4.78 is 0. The second-order valence-corrected chi connectivity index (χ2v) is 7.15. The number of rotatable bonds is 8. The maximum absolute atomic E-state index is 12.8. The third-order valence-electron chi connectivity index (χ3n) is 4.38. The van der Waals surface area contributed by atoms with Gasteiger partial charge in [0.15, 0.2) is 0 Å². The van der Waals surface area contributed by atoms with E-state index in [1.807, 2.05) is 43.6 Å². The minimum Gasteiger partial charge on any atom is -0.344 e. The Morgan fingerprint density at radius 3 is 2.75 bits per heavy atom. The Morgan fingerprint density at radius 1 is 1.38 bits per heavy atom. The molecule has 2 N–H and O–H groups in total. The Balaban J connectivity index is 1.95. The molecule has 6 heteroatoms. The van der Waals surface area contributed by atoms with Crippen molar-refractivity contribution >= 4 is 23.6 Å².